The van der Waals surface area contributed by atoms with Crippen LogP contribution in [0.4, 0.5) is 28.4 Å². The third kappa shape index (κ3) is 8.79. The zero-order valence-corrected chi connectivity index (χ0v) is 46.2. The molecule has 0 bridgehead atoms. The summed E-state index contributed by atoms with van der Waals surface area (Å²) in [6, 6.07) is 101. The molecule has 388 valence electrons. The number of aryl methyl sites for hydroxylation is 2. The second-order valence-electron chi connectivity index (χ2n) is 21.9. The van der Waals surface area contributed by atoms with Crippen LogP contribution in [-0.2, 0) is 0 Å². The van der Waals surface area contributed by atoms with E-state index in [1.165, 1.54) is 105 Å². The first-order valence-electron chi connectivity index (χ1n) is 28.3. The highest BCUT2D eigenvalue weighted by Gasteiger charge is 2.30. The topological polar surface area (TPSA) is 11.4 Å². The van der Waals surface area contributed by atoms with Gasteiger partial charge in [0.25, 0.3) is 0 Å². The molecule has 14 rings (SSSR count). The fourth-order valence-electron chi connectivity index (χ4n) is 12.8. The predicted octanol–water partition coefficient (Wildman–Crippen LogP) is 21.7. The number of benzene rings is 12. The Balaban J connectivity index is 0.976. The third-order valence-corrected chi connectivity index (χ3v) is 17.0. The van der Waals surface area contributed by atoms with Crippen molar-refractivity contribution in [2.75, 3.05) is 9.80 Å². The average molecular weight is 1040 g/mol. The van der Waals surface area contributed by atoms with Gasteiger partial charge in [0.15, 0.2) is 0 Å². The van der Waals surface area contributed by atoms with Crippen molar-refractivity contribution < 1.29 is 0 Å². The molecule has 1 aromatic heterocycles. The van der Waals surface area contributed by atoms with Crippen molar-refractivity contribution >= 4 is 71.8 Å². The molecule has 0 saturated heterocycles. The number of aromatic nitrogens is 1. The van der Waals surface area contributed by atoms with Gasteiger partial charge in [0, 0.05) is 56.4 Å². The Bertz CT molecular complexity index is 4420. The Kier molecular flexibility index (Phi) is 12.6. The SMILES string of the molecule is CC1=C(C)CC(c2ccc3c(c2)c2cc(-c4cc(C)c(C)cc4N(c4ccccc4)c4ccccc4)ccc2n3-c2ccc(-c3c4ccccc4c(-c4ccccc4)c4ccccc34)cc2)C(N(c2ccccc2)c2ccccc2)=C1. The van der Waals surface area contributed by atoms with E-state index in [1.807, 2.05) is 0 Å². The number of allylic oxidation sites excluding steroid dienone is 4. The number of hydrogen-bond acceptors (Lipinski definition) is 2. The molecular formula is C78H61N3. The van der Waals surface area contributed by atoms with E-state index < -0.39 is 0 Å². The number of hydrogen-bond donors (Lipinski definition) is 0. The Morgan fingerprint density at radius 2 is 0.778 bits per heavy atom. The third-order valence-electron chi connectivity index (χ3n) is 17.0. The van der Waals surface area contributed by atoms with Crippen molar-refractivity contribution in [3.63, 3.8) is 0 Å². The zero-order valence-electron chi connectivity index (χ0n) is 46.2. The first-order chi connectivity index (χ1) is 39.9. The molecule has 12 aromatic carbocycles. The van der Waals surface area contributed by atoms with E-state index in [4.69, 9.17) is 0 Å². The highest BCUT2D eigenvalue weighted by atomic mass is 15.2. The lowest BCUT2D eigenvalue weighted by atomic mass is 9.82. The number of fused-ring (bicyclic) bond motifs is 5. The number of nitrogens with zero attached hydrogens (tertiary/aromatic N) is 3. The molecule has 13 aromatic rings. The molecule has 1 heterocycles. The molecule has 1 unspecified atom stereocenters. The van der Waals surface area contributed by atoms with Crippen LogP contribution in [0.15, 0.2) is 296 Å². The van der Waals surface area contributed by atoms with Gasteiger partial charge < -0.3 is 14.4 Å². The highest BCUT2D eigenvalue weighted by Crippen LogP contribution is 2.49. The fourth-order valence-corrected chi connectivity index (χ4v) is 12.8. The van der Waals surface area contributed by atoms with Gasteiger partial charge in [0.1, 0.15) is 0 Å². The van der Waals surface area contributed by atoms with Gasteiger partial charge in [0.2, 0.25) is 0 Å². The molecule has 3 nitrogen and oxygen atoms in total. The van der Waals surface area contributed by atoms with Crippen LogP contribution in [-0.4, -0.2) is 4.57 Å². The summed E-state index contributed by atoms with van der Waals surface area (Å²) in [6.45, 7) is 9.05. The molecule has 1 atom stereocenters. The second kappa shape index (κ2) is 20.7. The van der Waals surface area contributed by atoms with E-state index in [2.05, 4.69) is 321 Å². The molecule has 0 radical (unpaired) electrons. The Morgan fingerprint density at radius 3 is 1.30 bits per heavy atom. The largest absolute Gasteiger partial charge is 0.314 e. The van der Waals surface area contributed by atoms with E-state index in [-0.39, 0.29) is 5.92 Å². The summed E-state index contributed by atoms with van der Waals surface area (Å²) in [7, 11) is 0. The summed E-state index contributed by atoms with van der Waals surface area (Å²) < 4.78 is 2.49. The van der Waals surface area contributed by atoms with Crippen LogP contribution in [0.3, 0.4) is 0 Å². The van der Waals surface area contributed by atoms with E-state index in [1.54, 1.807) is 0 Å². The normalized spacial score (nSPS) is 13.5. The van der Waals surface area contributed by atoms with Crippen molar-refractivity contribution in [2.45, 2.75) is 40.0 Å². The van der Waals surface area contributed by atoms with Crippen LogP contribution < -0.4 is 9.80 Å². The maximum Gasteiger partial charge on any atom is 0.0542 e. The molecule has 1 aliphatic carbocycles. The lowest BCUT2D eigenvalue weighted by Gasteiger charge is -2.36. The van der Waals surface area contributed by atoms with Gasteiger partial charge >= 0.3 is 0 Å². The molecule has 3 heteroatoms. The molecule has 1 aliphatic rings. The standard InChI is InChI=1S/C78H61N3/c1-52-46-69(75(48-54(52)3)79(60-26-12-6-13-27-60)61-28-14-7-15-29-61)58-40-44-73-71(50-58)72-51-59(70-47-53(2)55(4)49-76(70)80(62-30-16-8-17-31-62)63-32-18-9-19-33-63)41-45-74(72)81(73)64-42-38-57(39-43-64)78-67-36-22-20-34-65(67)77(56-24-10-5-11-25-56)66-35-21-23-37-68(66)78/h5-46,48-51,70H,47H2,1-4H3. The van der Waals surface area contributed by atoms with Crippen molar-refractivity contribution in [3.05, 3.63) is 313 Å². The monoisotopic (exact) mass is 1040 g/mol. The predicted molar refractivity (Wildman–Crippen MR) is 345 cm³/mol. The maximum absolute atomic E-state index is 2.51. The van der Waals surface area contributed by atoms with Crippen LogP contribution in [0.1, 0.15) is 42.9 Å². The van der Waals surface area contributed by atoms with Crippen molar-refractivity contribution in [2.24, 2.45) is 0 Å². The maximum atomic E-state index is 2.51. The number of rotatable bonds is 11. The van der Waals surface area contributed by atoms with Crippen LogP contribution in [0.5, 0.6) is 0 Å². The van der Waals surface area contributed by atoms with Crippen LogP contribution in [0.2, 0.25) is 0 Å². The number of anilines is 5. The minimum Gasteiger partial charge on any atom is -0.314 e. The minimum absolute atomic E-state index is 0.0916. The van der Waals surface area contributed by atoms with Gasteiger partial charge in [-0.2, -0.15) is 0 Å². The number of para-hydroxylation sites is 4. The lowest BCUT2D eigenvalue weighted by molar-refractivity contribution is 0.737. The van der Waals surface area contributed by atoms with E-state index in [0.29, 0.717) is 0 Å². The van der Waals surface area contributed by atoms with Crippen molar-refractivity contribution in [1.29, 1.82) is 0 Å². The summed E-state index contributed by atoms with van der Waals surface area (Å²) in [4.78, 5) is 4.89. The van der Waals surface area contributed by atoms with Gasteiger partial charge in [-0.15, -0.1) is 0 Å². The van der Waals surface area contributed by atoms with Crippen LogP contribution >= 0.6 is 0 Å². The van der Waals surface area contributed by atoms with E-state index in [9.17, 15) is 0 Å². The molecule has 0 N–H and O–H groups in total. The zero-order chi connectivity index (χ0) is 54.6. The Labute approximate surface area is 475 Å². The first-order valence-corrected chi connectivity index (χ1v) is 28.3. The summed E-state index contributed by atoms with van der Waals surface area (Å²) in [5, 5.41) is 7.45. The molecule has 0 aliphatic heterocycles. The van der Waals surface area contributed by atoms with Crippen molar-refractivity contribution in [1.82, 2.24) is 4.57 Å². The van der Waals surface area contributed by atoms with Crippen LogP contribution in [0.25, 0.3) is 82.4 Å². The quantitative estimate of drug-likeness (QED) is 0.120. The smallest absolute Gasteiger partial charge is 0.0542 e. The van der Waals surface area contributed by atoms with Gasteiger partial charge in [-0.25, -0.2) is 0 Å². The Hall–Kier alpha value is -9.96. The average Bonchev–Trinajstić information content (AvgIpc) is 3.53. The lowest BCUT2D eigenvalue weighted by Crippen LogP contribution is -2.24. The Morgan fingerprint density at radius 1 is 0.358 bits per heavy atom. The summed E-state index contributed by atoms with van der Waals surface area (Å²) >= 11 is 0. The first kappa shape index (κ1) is 49.3. The molecular weight excluding hydrogens is 979 g/mol. The molecule has 0 amide bonds. The molecule has 0 spiro atoms. The van der Waals surface area contributed by atoms with E-state index in [0.717, 1.165) is 46.1 Å². The summed E-state index contributed by atoms with van der Waals surface area (Å²) in [6.07, 6.45) is 3.35. The fraction of sp³-hybridized carbons (Fsp3) is 0.0769. The van der Waals surface area contributed by atoms with Gasteiger partial charge in [-0.3, -0.25) is 0 Å². The summed E-state index contributed by atoms with van der Waals surface area (Å²) in [5.41, 5.74) is 24.2. The van der Waals surface area contributed by atoms with Crippen molar-refractivity contribution in [3.8, 4) is 39.1 Å². The minimum atomic E-state index is 0.0916. The van der Waals surface area contributed by atoms with Gasteiger partial charge in [-0.05, 0) is 203 Å². The van der Waals surface area contributed by atoms with Gasteiger partial charge in [-0.1, -0.05) is 187 Å². The molecule has 0 saturated carbocycles. The molecule has 0 fully saturated rings. The highest BCUT2D eigenvalue weighted by molar-refractivity contribution is 6.21. The summed E-state index contributed by atoms with van der Waals surface area (Å²) in [5.74, 6) is 0.0916. The van der Waals surface area contributed by atoms with Crippen LogP contribution in [0, 0.1) is 13.8 Å². The van der Waals surface area contributed by atoms with E-state index >= 15 is 0 Å². The molecule has 81 heavy (non-hydrogen) atoms. The van der Waals surface area contributed by atoms with Gasteiger partial charge in [0.05, 0.1) is 16.7 Å². The second-order valence-corrected chi connectivity index (χ2v) is 21.9.